The van der Waals surface area contributed by atoms with Gasteiger partial charge in [0.25, 0.3) is 0 Å². The summed E-state index contributed by atoms with van der Waals surface area (Å²) < 4.78 is 13.7. The summed E-state index contributed by atoms with van der Waals surface area (Å²) in [5, 5.41) is 10.1. The monoisotopic (exact) mass is 380 g/mol. The Hall–Kier alpha value is -2.40. The molecule has 2 fully saturated rings. The maximum atomic E-state index is 13.7. The molecule has 0 unspecified atom stereocenters. The van der Waals surface area contributed by atoms with Gasteiger partial charge >= 0.3 is 0 Å². The van der Waals surface area contributed by atoms with Crippen molar-refractivity contribution in [2.24, 2.45) is 11.8 Å². The SMILES string of the molecule is CN1c2ccc(-c3cccc(F)c3)cc2[C@H]2[C@H](CCN2C(=O)C2CC2)[C@@H]1CO. The largest absolute Gasteiger partial charge is 0.394 e. The molecule has 5 heteroatoms. The minimum Gasteiger partial charge on any atom is -0.394 e. The normalized spacial score (nSPS) is 26.2. The van der Waals surface area contributed by atoms with Crippen molar-refractivity contribution >= 4 is 11.6 Å². The van der Waals surface area contributed by atoms with Gasteiger partial charge in [-0.1, -0.05) is 18.2 Å². The van der Waals surface area contributed by atoms with Crippen LogP contribution in [-0.4, -0.2) is 42.2 Å². The number of carbonyl (C=O) groups is 1. The third-order valence-electron chi connectivity index (χ3n) is 6.72. The van der Waals surface area contributed by atoms with E-state index < -0.39 is 0 Å². The molecule has 0 bridgehead atoms. The Labute approximate surface area is 164 Å². The van der Waals surface area contributed by atoms with Gasteiger partial charge in [0.05, 0.1) is 18.7 Å². The lowest BCUT2D eigenvalue weighted by molar-refractivity contribution is -0.134. The Morgan fingerprint density at radius 2 is 1.93 bits per heavy atom. The van der Waals surface area contributed by atoms with Gasteiger partial charge in [-0.05, 0) is 60.2 Å². The van der Waals surface area contributed by atoms with E-state index in [1.807, 2.05) is 30.1 Å². The number of rotatable bonds is 3. The minimum atomic E-state index is -0.253. The number of anilines is 1. The van der Waals surface area contributed by atoms with Gasteiger partial charge in [0.15, 0.2) is 0 Å². The van der Waals surface area contributed by atoms with Crippen LogP contribution in [0.3, 0.4) is 0 Å². The average molecular weight is 380 g/mol. The number of hydrogen-bond donors (Lipinski definition) is 1. The summed E-state index contributed by atoms with van der Waals surface area (Å²) >= 11 is 0. The number of aliphatic hydroxyl groups is 1. The first kappa shape index (κ1) is 17.7. The summed E-state index contributed by atoms with van der Waals surface area (Å²) in [4.78, 5) is 17.1. The van der Waals surface area contributed by atoms with Gasteiger partial charge in [-0.15, -0.1) is 0 Å². The first-order valence-electron chi connectivity index (χ1n) is 10.1. The van der Waals surface area contributed by atoms with E-state index in [2.05, 4.69) is 11.0 Å². The second-order valence-corrected chi connectivity index (χ2v) is 8.35. The highest BCUT2D eigenvalue weighted by molar-refractivity contribution is 5.83. The predicted molar refractivity (Wildman–Crippen MR) is 106 cm³/mol. The van der Waals surface area contributed by atoms with Crippen LogP contribution in [0.15, 0.2) is 42.5 Å². The molecule has 2 aromatic carbocycles. The van der Waals surface area contributed by atoms with Crippen molar-refractivity contribution in [2.75, 3.05) is 25.1 Å². The molecule has 1 aliphatic carbocycles. The number of carbonyl (C=O) groups excluding carboxylic acids is 1. The molecule has 28 heavy (non-hydrogen) atoms. The molecule has 146 valence electrons. The molecule has 0 aromatic heterocycles. The molecule has 2 aromatic rings. The van der Waals surface area contributed by atoms with Gasteiger partial charge in [0, 0.05) is 31.1 Å². The van der Waals surface area contributed by atoms with E-state index in [-0.39, 0.29) is 42.3 Å². The van der Waals surface area contributed by atoms with Crippen LogP contribution in [0.25, 0.3) is 11.1 Å². The molecular weight excluding hydrogens is 355 g/mol. The molecule has 2 heterocycles. The molecule has 1 amide bonds. The molecule has 4 nitrogen and oxygen atoms in total. The number of likely N-dealkylation sites (N-methyl/N-ethyl adjacent to an activating group) is 1. The molecule has 3 aliphatic rings. The van der Waals surface area contributed by atoms with E-state index in [0.29, 0.717) is 0 Å². The standard InChI is InChI=1S/C23H25FN2O2/c1-25-20-8-7-16(15-3-2-4-17(24)11-15)12-19(20)22-18(21(25)13-27)9-10-26(22)23(28)14-5-6-14/h2-4,7-8,11-12,14,18,21-22,27H,5-6,9-10,13H2,1H3/t18-,21+,22-/m1/s1. The van der Waals surface area contributed by atoms with E-state index in [1.54, 1.807) is 12.1 Å². The molecule has 1 N–H and O–H groups in total. The van der Waals surface area contributed by atoms with Crippen molar-refractivity contribution in [1.82, 2.24) is 4.90 Å². The van der Waals surface area contributed by atoms with Crippen molar-refractivity contribution < 1.29 is 14.3 Å². The summed E-state index contributed by atoms with van der Waals surface area (Å²) in [5.41, 5.74) is 3.96. The summed E-state index contributed by atoms with van der Waals surface area (Å²) in [5.74, 6) is 0.404. The molecule has 0 radical (unpaired) electrons. The fourth-order valence-electron chi connectivity index (χ4n) is 5.11. The Morgan fingerprint density at radius 1 is 1.14 bits per heavy atom. The summed E-state index contributed by atoms with van der Waals surface area (Å²) in [6, 6.07) is 12.8. The Bertz CT molecular complexity index is 927. The van der Waals surface area contributed by atoms with Crippen LogP contribution in [0, 0.1) is 17.7 Å². The quantitative estimate of drug-likeness (QED) is 0.885. The number of hydrogen-bond acceptors (Lipinski definition) is 3. The van der Waals surface area contributed by atoms with Gasteiger partial charge < -0.3 is 14.9 Å². The number of aliphatic hydroxyl groups excluding tert-OH is 1. The van der Waals surface area contributed by atoms with Gasteiger partial charge in [-0.25, -0.2) is 4.39 Å². The zero-order chi connectivity index (χ0) is 19.4. The fraction of sp³-hybridized carbons (Fsp3) is 0.435. The van der Waals surface area contributed by atoms with Crippen LogP contribution in [0.4, 0.5) is 10.1 Å². The Kier molecular flexibility index (Phi) is 4.16. The van der Waals surface area contributed by atoms with Crippen LogP contribution < -0.4 is 4.90 Å². The van der Waals surface area contributed by atoms with E-state index in [1.165, 1.54) is 6.07 Å². The topological polar surface area (TPSA) is 43.8 Å². The van der Waals surface area contributed by atoms with E-state index in [0.717, 1.165) is 48.2 Å². The van der Waals surface area contributed by atoms with E-state index >= 15 is 0 Å². The van der Waals surface area contributed by atoms with Crippen molar-refractivity contribution in [3.63, 3.8) is 0 Å². The molecule has 0 spiro atoms. The highest BCUT2D eigenvalue weighted by Gasteiger charge is 2.49. The second-order valence-electron chi connectivity index (χ2n) is 8.35. The maximum Gasteiger partial charge on any atom is 0.226 e. The molecule has 3 atom stereocenters. The van der Waals surface area contributed by atoms with Gasteiger partial charge in [0.2, 0.25) is 5.91 Å². The maximum absolute atomic E-state index is 13.7. The fourth-order valence-corrected chi connectivity index (χ4v) is 5.11. The Balaban J connectivity index is 1.61. The van der Waals surface area contributed by atoms with E-state index in [9.17, 15) is 14.3 Å². The zero-order valence-corrected chi connectivity index (χ0v) is 16.0. The van der Waals surface area contributed by atoms with Crippen LogP contribution in [-0.2, 0) is 4.79 Å². The summed E-state index contributed by atoms with van der Waals surface area (Å²) in [7, 11) is 2.02. The smallest absolute Gasteiger partial charge is 0.226 e. The molecule has 5 rings (SSSR count). The number of halogens is 1. The minimum absolute atomic E-state index is 0.00882. The lowest BCUT2D eigenvalue weighted by atomic mass is 9.81. The van der Waals surface area contributed by atoms with Crippen molar-refractivity contribution in [2.45, 2.75) is 31.3 Å². The predicted octanol–water partition coefficient (Wildman–Crippen LogP) is 3.60. The van der Waals surface area contributed by atoms with Crippen LogP contribution in [0.2, 0.25) is 0 Å². The lowest BCUT2D eigenvalue weighted by Gasteiger charge is -2.44. The third kappa shape index (κ3) is 2.72. The molecule has 1 saturated heterocycles. The van der Waals surface area contributed by atoms with Crippen molar-refractivity contribution in [3.05, 3.63) is 53.8 Å². The first-order chi connectivity index (χ1) is 13.6. The third-order valence-corrected chi connectivity index (χ3v) is 6.72. The average Bonchev–Trinajstić information content (AvgIpc) is 3.46. The lowest BCUT2D eigenvalue weighted by Crippen LogP contribution is -2.48. The highest BCUT2D eigenvalue weighted by atomic mass is 19.1. The number of nitrogens with zero attached hydrogens (tertiary/aromatic N) is 2. The van der Waals surface area contributed by atoms with Crippen LogP contribution >= 0.6 is 0 Å². The molecule has 2 aliphatic heterocycles. The van der Waals surface area contributed by atoms with Crippen molar-refractivity contribution in [3.8, 4) is 11.1 Å². The summed E-state index contributed by atoms with van der Waals surface area (Å²) in [6.07, 6.45) is 2.89. The van der Waals surface area contributed by atoms with Gasteiger partial charge in [-0.3, -0.25) is 4.79 Å². The van der Waals surface area contributed by atoms with Crippen LogP contribution in [0.5, 0.6) is 0 Å². The number of benzene rings is 2. The highest BCUT2D eigenvalue weighted by Crippen LogP contribution is 2.50. The Morgan fingerprint density at radius 3 is 2.64 bits per heavy atom. The molecular formula is C23H25FN2O2. The zero-order valence-electron chi connectivity index (χ0n) is 16.0. The van der Waals surface area contributed by atoms with Crippen molar-refractivity contribution in [1.29, 1.82) is 0 Å². The number of amides is 1. The first-order valence-corrected chi connectivity index (χ1v) is 10.1. The van der Waals surface area contributed by atoms with E-state index in [4.69, 9.17) is 0 Å². The number of likely N-dealkylation sites (tertiary alicyclic amines) is 1. The van der Waals surface area contributed by atoms with Crippen LogP contribution in [0.1, 0.15) is 30.9 Å². The van der Waals surface area contributed by atoms with Gasteiger partial charge in [-0.2, -0.15) is 0 Å². The number of fused-ring (bicyclic) bond motifs is 3. The van der Waals surface area contributed by atoms with Gasteiger partial charge in [0.1, 0.15) is 5.82 Å². The molecule has 1 saturated carbocycles. The summed E-state index contributed by atoms with van der Waals surface area (Å²) in [6.45, 7) is 0.826. The second kappa shape index (κ2) is 6.59.